The number of rotatable bonds is 6. The van der Waals surface area contributed by atoms with Gasteiger partial charge < -0.3 is 0 Å². The molecule has 6 nitrogen and oxygen atoms in total. The molecule has 0 saturated heterocycles. The molecule has 0 heterocycles. The first-order chi connectivity index (χ1) is 11.4. The number of nitrogens with zero attached hydrogens (tertiary/aromatic N) is 2. The molecule has 0 atom stereocenters. The predicted molar refractivity (Wildman–Crippen MR) is 95.4 cm³/mol. The first-order valence-electron chi connectivity index (χ1n) is 7.29. The van der Waals surface area contributed by atoms with E-state index in [-0.39, 0.29) is 6.54 Å². The SMILES string of the molecule is C/C(=N/NC(=O)CN(c1ccccc1)S(C)(=O)=O)c1ccccc1. The Morgan fingerprint density at radius 2 is 1.58 bits per heavy atom. The smallest absolute Gasteiger partial charge is 0.260 e. The van der Waals surface area contributed by atoms with Gasteiger partial charge in [-0.2, -0.15) is 5.10 Å². The first-order valence-corrected chi connectivity index (χ1v) is 9.14. The van der Waals surface area contributed by atoms with Crippen LogP contribution in [-0.2, 0) is 14.8 Å². The quantitative estimate of drug-likeness (QED) is 0.642. The number of nitrogens with one attached hydrogen (secondary N) is 1. The summed E-state index contributed by atoms with van der Waals surface area (Å²) < 4.78 is 24.9. The van der Waals surface area contributed by atoms with Crippen molar-refractivity contribution in [2.24, 2.45) is 5.10 Å². The number of para-hydroxylation sites is 1. The minimum absolute atomic E-state index is 0.339. The molecule has 0 bridgehead atoms. The van der Waals surface area contributed by atoms with Crippen LogP contribution in [0.5, 0.6) is 0 Å². The van der Waals surface area contributed by atoms with Crippen LogP contribution in [0.1, 0.15) is 12.5 Å². The van der Waals surface area contributed by atoms with Crippen LogP contribution < -0.4 is 9.73 Å². The normalized spacial score (nSPS) is 11.8. The van der Waals surface area contributed by atoms with Gasteiger partial charge in [-0.1, -0.05) is 48.5 Å². The Hall–Kier alpha value is -2.67. The Morgan fingerprint density at radius 1 is 1.04 bits per heavy atom. The molecule has 1 amide bonds. The number of hydrazone groups is 1. The van der Waals surface area contributed by atoms with E-state index in [1.807, 2.05) is 30.3 Å². The minimum Gasteiger partial charge on any atom is -0.271 e. The summed E-state index contributed by atoms with van der Waals surface area (Å²) in [5.41, 5.74) is 4.34. The third-order valence-electron chi connectivity index (χ3n) is 3.27. The molecule has 2 aromatic rings. The molecule has 0 fully saturated rings. The number of benzene rings is 2. The third-order valence-corrected chi connectivity index (χ3v) is 4.41. The van der Waals surface area contributed by atoms with Crippen LogP contribution in [0.4, 0.5) is 5.69 Å². The number of sulfonamides is 1. The Kier molecular flexibility index (Phi) is 5.70. The van der Waals surface area contributed by atoms with Gasteiger partial charge in [0.15, 0.2) is 0 Å². The average molecular weight is 345 g/mol. The summed E-state index contributed by atoms with van der Waals surface area (Å²) in [6.07, 6.45) is 1.06. The number of anilines is 1. The van der Waals surface area contributed by atoms with Crippen LogP contribution >= 0.6 is 0 Å². The molecule has 0 spiro atoms. The highest BCUT2D eigenvalue weighted by Gasteiger charge is 2.20. The van der Waals surface area contributed by atoms with E-state index in [2.05, 4.69) is 10.5 Å². The molecule has 0 radical (unpaired) electrons. The second-order valence-corrected chi connectivity index (χ2v) is 7.11. The molecule has 0 aromatic heterocycles. The first kappa shape index (κ1) is 17.7. The van der Waals surface area contributed by atoms with Crippen molar-refractivity contribution < 1.29 is 13.2 Å². The Balaban J connectivity index is 2.09. The third kappa shape index (κ3) is 4.92. The molecule has 0 aliphatic heterocycles. The lowest BCUT2D eigenvalue weighted by atomic mass is 10.1. The number of hydrogen-bond acceptors (Lipinski definition) is 4. The lowest BCUT2D eigenvalue weighted by Crippen LogP contribution is -2.39. The largest absolute Gasteiger partial charge is 0.271 e. The Morgan fingerprint density at radius 3 is 2.12 bits per heavy atom. The van der Waals surface area contributed by atoms with Gasteiger partial charge in [-0.15, -0.1) is 0 Å². The van der Waals surface area contributed by atoms with E-state index in [1.165, 1.54) is 0 Å². The molecular formula is C17H19N3O3S. The van der Waals surface area contributed by atoms with Crippen molar-refractivity contribution in [2.75, 3.05) is 17.1 Å². The molecule has 24 heavy (non-hydrogen) atoms. The van der Waals surface area contributed by atoms with E-state index in [0.29, 0.717) is 11.4 Å². The molecular weight excluding hydrogens is 326 g/mol. The van der Waals surface area contributed by atoms with Crippen molar-refractivity contribution in [1.82, 2.24) is 5.43 Å². The summed E-state index contributed by atoms with van der Waals surface area (Å²) in [6, 6.07) is 17.8. The van der Waals surface area contributed by atoms with Crippen molar-refractivity contribution in [1.29, 1.82) is 0 Å². The lowest BCUT2D eigenvalue weighted by molar-refractivity contribution is -0.119. The lowest BCUT2D eigenvalue weighted by Gasteiger charge is -2.21. The van der Waals surface area contributed by atoms with E-state index in [9.17, 15) is 13.2 Å². The summed E-state index contributed by atoms with van der Waals surface area (Å²) in [7, 11) is -3.58. The molecule has 0 saturated carbocycles. The second-order valence-electron chi connectivity index (χ2n) is 5.20. The van der Waals surface area contributed by atoms with Gasteiger partial charge in [0.25, 0.3) is 5.91 Å². The van der Waals surface area contributed by atoms with Crippen LogP contribution in [0.25, 0.3) is 0 Å². The summed E-state index contributed by atoms with van der Waals surface area (Å²) in [5.74, 6) is -0.514. The second kappa shape index (κ2) is 7.74. The topological polar surface area (TPSA) is 78.8 Å². The monoisotopic (exact) mass is 345 g/mol. The van der Waals surface area contributed by atoms with Crippen LogP contribution in [0.2, 0.25) is 0 Å². The van der Waals surface area contributed by atoms with E-state index in [0.717, 1.165) is 16.1 Å². The van der Waals surface area contributed by atoms with Gasteiger partial charge in [0.1, 0.15) is 6.54 Å². The van der Waals surface area contributed by atoms with Gasteiger partial charge in [0, 0.05) is 0 Å². The highest BCUT2D eigenvalue weighted by molar-refractivity contribution is 7.92. The van der Waals surface area contributed by atoms with Crippen molar-refractivity contribution in [3.63, 3.8) is 0 Å². The highest BCUT2D eigenvalue weighted by Crippen LogP contribution is 2.16. The minimum atomic E-state index is -3.58. The summed E-state index contributed by atoms with van der Waals surface area (Å²) in [5, 5.41) is 4.02. The zero-order valence-corrected chi connectivity index (χ0v) is 14.3. The molecule has 126 valence electrons. The summed E-state index contributed by atoms with van der Waals surface area (Å²) >= 11 is 0. The van der Waals surface area contributed by atoms with Gasteiger partial charge in [-0.3, -0.25) is 9.10 Å². The highest BCUT2D eigenvalue weighted by atomic mass is 32.2. The van der Waals surface area contributed by atoms with E-state index in [1.54, 1.807) is 37.3 Å². The van der Waals surface area contributed by atoms with Crippen molar-refractivity contribution in [3.05, 3.63) is 66.2 Å². The summed E-state index contributed by atoms with van der Waals surface area (Å²) in [4.78, 5) is 12.1. The fourth-order valence-corrected chi connectivity index (χ4v) is 2.91. The summed E-state index contributed by atoms with van der Waals surface area (Å²) in [6.45, 7) is 1.43. The fourth-order valence-electron chi connectivity index (χ4n) is 2.05. The maximum absolute atomic E-state index is 12.1. The van der Waals surface area contributed by atoms with Crippen molar-refractivity contribution in [2.45, 2.75) is 6.92 Å². The number of hydrogen-bond donors (Lipinski definition) is 1. The maximum Gasteiger partial charge on any atom is 0.260 e. The standard InChI is InChI=1S/C17H19N3O3S/c1-14(15-9-5-3-6-10-15)18-19-17(21)13-20(24(2,22)23)16-11-7-4-8-12-16/h3-12H,13H2,1-2H3,(H,19,21)/b18-14-. The number of carbonyl (C=O) groups excluding carboxylic acids is 1. The predicted octanol–water partition coefficient (Wildman–Crippen LogP) is 1.99. The van der Waals surface area contributed by atoms with Crippen molar-refractivity contribution in [3.8, 4) is 0 Å². The maximum atomic E-state index is 12.1. The number of amides is 1. The Bertz CT molecular complexity index is 819. The molecule has 0 unspecified atom stereocenters. The van der Waals surface area contributed by atoms with E-state index < -0.39 is 15.9 Å². The van der Waals surface area contributed by atoms with E-state index in [4.69, 9.17) is 0 Å². The van der Waals surface area contributed by atoms with Crippen molar-refractivity contribution >= 4 is 27.3 Å². The fraction of sp³-hybridized carbons (Fsp3) is 0.176. The molecule has 2 rings (SSSR count). The Labute approximate surface area is 141 Å². The molecule has 0 aliphatic carbocycles. The van der Waals surface area contributed by atoms with Crippen LogP contribution in [0.15, 0.2) is 65.8 Å². The van der Waals surface area contributed by atoms with Crippen LogP contribution in [0, 0.1) is 0 Å². The average Bonchev–Trinajstić information content (AvgIpc) is 2.58. The molecule has 2 aromatic carbocycles. The van der Waals surface area contributed by atoms with Gasteiger partial charge in [0.05, 0.1) is 17.7 Å². The van der Waals surface area contributed by atoms with Crippen LogP contribution in [-0.4, -0.2) is 32.8 Å². The van der Waals surface area contributed by atoms with Gasteiger partial charge >= 0.3 is 0 Å². The molecule has 1 N–H and O–H groups in total. The molecule has 0 aliphatic rings. The van der Waals surface area contributed by atoms with Crippen LogP contribution in [0.3, 0.4) is 0 Å². The zero-order valence-electron chi connectivity index (χ0n) is 13.5. The zero-order chi connectivity index (χ0) is 17.6. The van der Waals surface area contributed by atoms with Gasteiger partial charge in [-0.05, 0) is 24.6 Å². The van der Waals surface area contributed by atoms with Gasteiger partial charge in [0.2, 0.25) is 10.0 Å². The van der Waals surface area contributed by atoms with Gasteiger partial charge in [-0.25, -0.2) is 13.8 Å². The number of carbonyl (C=O) groups is 1. The molecule has 7 heteroatoms. The van der Waals surface area contributed by atoms with E-state index >= 15 is 0 Å².